The van der Waals surface area contributed by atoms with Crippen molar-refractivity contribution >= 4 is 46.3 Å². The minimum atomic E-state index is -0.841. The highest BCUT2D eigenvalue weighted by molar-refractivity contribution is 8.10. The minimum Gasteiger partial charge on any atom is -0.462 e. The van der Waals surface area contributed by atoms with Gasteiger partial charge >= 0.3 is 11.9 Å². The molecule has 4 rings (SSSR count). The summed E-state index contributed by atoms with van der Waals surface area (Å²) in [5, 5.41) is -0.311. The molecule has 0 amide bonds. The number of nitrogens with zero attached hydrogens (tertiary/aromatic N) is 3. The zero-order chi connectivity index (χ0) is 24.2. The number of pyridine rings is 2. The Morgan fingerprint density at radius 2 is 1.76 bits per heavy atom. The van der Waals surface area contributed by atoms with Crippen LogP contribution in [0.2, 0.25) is 0 Å². The monoisotopic (exact) mass is 478 g/mol. The summed E-state index contributed by atoms with van der Waals surface area (Å²) in [7, 11) is 0. The Balaban J connectivity index is 2.10. The summed E-state index contributed by atoms with van der Waals surface area (Å²) in [5.41, 5.74) is 7.58. The molecule has 0 saturated heterocycles. The lowest BCUT2D eigenvalue weighted by molar-refractivity contribution is -0.135. The molecule has 10 heteroatoms. The Morgan fingerprint density at radius 1 is 1.09 bits per heavy atom. The van der Waals surface area contributed by atoms with Crippen LogP contribution in [0.15, 0.2) is 49.1 Å². The van der Waals surface area contributed by atoms with Crippen LogP contribution in [0, 0.1) is 0 Å². The van der Waals surface area contributed by atoms with Gasteiger partial charge in [-0.15, -0.1) is 0 Å². The summed E-state index contributed by atoms with van der Waals surface area (Å²) in [6, 6.07) is 6.96. The standard InChI is InChI=1S/C24H22N4O5S/c1-3-32-23(30)19-17(25)16(11-14-7-5-9-26-12-14)18-21(24(31)33-4-2)34-20(22(29)28(18)19)15-8-6-10-27-13-15/h5-13,20H,3-4,25H2,1-2H3/b16-11+/t20-/m0/s1. The molecule has 0 radical (unpaired) electrons. The minimum absolute atomic E-state index is 0.0277. The van der Waals surface area contributed by atoms with E-state index in [0.29, 0.717) is 16.3 Å². The first-order chi connectivity index (χ1) is 16.5. The second-order valence-electron chi connectivity index (χ2n) is 7.18. The normalized spacial score (nSPS) is 15.7. The molecular formula is C24H22N4O5S. The lowest BCUT2D eigenvalue weighted by Crippen LogP contribution is -2.42. The fourth-order valence-electron chi connectivity index (χ4n) is 3.65. The van der Waals surface area contributed by atoms with Gasteiger partial charge in [0, 0.05) is 30.0 Å². The van der Waals surface area contributed by atoms with Gasteiger partial charge in [-0.05, 0) is 43.2 Å². The van der Waals surface area contributed by atoms with E-state index in [1.54, 1.807) is 69.0 Å². The van der Waals surface area contributed by atoms with Crippen LogP contribution in [0.3, 0.4) is 0 Å². The molecule has 3 aromatic heterocycles. The van der Waals surface area contributed by atoms with Crippen LogP contribution >= 0.6 is 11.8 Å². The molecule has 0 fully saturated rings. The summed E-state index contributed by atoms with van der Waals surface area (Å²) in [6.45, 7) is 3.57. The Labute approximate surface area is 199 Å². The molecule has 0 unspecified atom stereocenters. The van der Waals surface area contributed by atoms with Crippen molar-refractivity contribution in [1.82, 2.24) is 14.5 Å². The van der Waals surface area contributed by atoms with E-state index in [2.05, 4.69) is 9.97 Å². The summed E-state index contributed by atoms with van der Waals surface area (Å²) < 4.78 is 11.7. The molecule has 1 aliphatic heterocycles. The van der Waals surface area contributed by atoms with Crippen LogP contribution < -0.4 is 16.3 Å². The van der Waals surface area contributed by atoms with Gasteiger partial charge in [0.2, 0.25) is 5.91 Å². The van der Waals surface area contributed by atoms with Crippen molar-refractivity contribution in [3.63, 3.8) is 0 Å². The maximum Gasteiger partial charge on any atom is 0.357 e. The van der Waals surface area contributed by atoms with Crippen LogP contribution in [0.4, 0.5) is 5.69 Å². The average Bonchev–Trinajstić information content (AvgIpc) is 3.13. The van der Waals surface area contributed by atoms with Crippen LogP contribution in [-0.2, 0) is 14.3 Å². The molecule has 4 heterocycles. The third-order valence-corrected chi connectivity index (χ3v) is 6.36. The number of thioether (sulfide) groups is 1. The highest BCUT2D eigenvalue weighted by atomic mass is 32.2. The second-order valence-corrected chi connectivity index (χ2v) is 8.30. The molecule has 0 aliphatic carbocycles. The Bertz CT molecular complexity index is 1370. The molecule has 0 spiro atoms. The first-order valence-corrected chi connectivity index (χ1v) is 11.5. The predicted molar refractivity (Wildman–Crippen MR) is 127 cm³/mol. The maximum atomic E-state index is 13.8. The van der Waals surface area contributed by atoms with E-state index >= 15 is 0 Å². The molecule has 1 atom stereocenters. The van der Waals surface area contributed by atoms with E-state index in [1.165, 1.54) is 4.57 Å². The van der Waals surface area contributed by atoms with Gasteiger partial charge in [-0.1, -0.05) is 23.9 Å². The van der Waals surface area contributed by atoms with Crippen LogP contribution in [0.25, 0.3) is 11.0 Å². The first kappa shape index (κ1) is 23.2. The van der Waals surface area contributed by atoms with Crippen LogP contribution in [0.1, 0.15) is 45.5 Å². The molecule has 3 aromatic rings. The molecule has 1 aliphatic rings. The van der Waals surface area contributed by atoms with Crippen LogP contribution in [0.5, 0.6) is 0 Å². The quantitative estimate of drug-likeness (QED) is 0.526. The number of ether oxygens (including phenoxy) is 2. The average molecular weight is 479 g/mol. The molecule has 2 N–H and O–H groups in total. The third kappa shape index (κ3) is 4.19. The van der Waals surface area contributed by atoms with Crippen molar-refractivity contribution in [2.75, 3.05) is 18.9 Å². The Kier molecular flexibility index (Phi) is 6.78. The Morgan fingerprint density at radius 3 is 2.38 bits per heavy atom. The van der Waals surface area contributed by atoms with Crippen LogP contribution in [-0.4, -0.2) is 45.6 Å². The zero-order valence-electron chi connectivity index (χ0n) is 18.6. The van der Waals surface area contributed by atoms with E-state index in [4.69, 9.17) is 15.2 Å². The molecule has 0 bridgehead atoms. The molecule has 0 saturated carbocycles. The number of nitrogens with two attached hydrogens (primary N) is 1. The molecular weight excluding hydrogens is 456 g/mol. The summed E-state index contributed by atoms with van der Waals surface area (Å²) >= 11 is 1.04. The molecule has 174 valence electrons. The van der Waals surface area contributed by atoms with Crippen molar-refractivity contribution < 1.29 is 23.9 Å². The highest BCUT2D eigenvalue weighted by Crippen LogP contribution is 2.39. The fraction of sp³-hybridized carbons (Fsp3) is 0.208. The summed E-state index contributed by atoms with van der Waals surface area (Å²) in [6.07, 6.45) is 8.03. The van der Waals surface area contributed by atoms with Crippen molar-refractivity contribution in [2.24, 2.45) is 0 Å². The van der Waals surface area contributed by atoms with Gasteiger partial charge in [-0.3, -0.25) is 19.3 Å². The van der Waals surface area contributed by atoms with E-state index in [0.717, 1.165) is 11.8 Å². The number of hydrogen-bond acceptors (Lipinski definition) is 9. The SMILES string of the molecule is CCOC(=O)C1=c2/c(=C/c3cccnc3)c(N)c(C(=O)OCC)n2C(=O)[C@H](c2cccnc2)S1. The van der Waals surface area contributed by atoms with Gasteiger partial charge in [0.15, 0.2) is 5.69 Å². The van der Waals surface area contributed by atoms with Crippen molar-refractivity contribution in [2.45, 2.75) is 19.1 Å². The maximum absolute atomic E-state index is 13.8. The number of carbonyl (C=O) groups is 3. The predicted octanol–water partition coefficient (Wildman–Crippen LogP) is 1.67. The molecule has 34 heavy (non-hydrogen) atoms. The molecule has 9 nitrogen and oxygen atoms in total. The lowest BCUT2D eigenvalue weighted by atomic mass is 10.2. The number of nitrogen functional groups attached to an aromatic ring is 1. The summed E-state index contributed by atoms with van der Waals surface area (Å²) in [5.74, 6) is -1.83. The third-order valence-electron chi connectivity index (χ3n) is 5.06. The number of aromatic nitrogens is 3. The first-order valence-electron chi connectivity index (χ1n) is 10.6. The number of rotatable bonds is 6. The number of hydrogen-bond donors (Lipinski definition) is 1. The smallest absolute Gasteiger partial charge is 0.357 e. The van der Waals surface area contributed by atoms with E-state index in [9.17, 15) is 14.4 Å². The number of carbonyl (C=O) groups excluding carboxylic acids is 3. The topological polar surface area (TPSA) is 126 Å². The number of fused-ring (bicyclic) bond motifs is 1. The number of anilines is 1. The Hall–Kier alpha value is -3.92. The van der Waals surface area contributed by atoms with E-state index in [1.807, 2.05) is 0 Å². The van der Waals surface area contributed by atoms with Crippen molar-refractivity contribution in [3.8, 4) is 0 Å². The molecule has 0 aromatic carbocycles. The van der Waals surface area contributed by atoms with E-state index < -0.39 is 23.1 Å². The van der Waals surface area contributed by atoms with Gasteiger partial charge in [-0.2, -0.15) is 0 Å². The van der Waals surface area contributed by atoms with Crippen molar-refractivity contribution in [3.05, 3.63) is 76.4 Å². The second kappa shape index (κ2) is 9.92. The van der Waals surface area contributed by atoms with Gasteiger partial charge in [0.05, 0.1) is 24.3 Å². The van der Waals surface area contributed by atoms with Gasteiger partial charge in [-0.25, -0.2) is 9.59 Å². The number of esters is 2. The van der Waals surface area contributed by atoms with Gasteiger partial charge < -0.3 is 15.2 Å². The lowest BCUT2D eigenvalue weighted by Gasteiger charge is -2.23. The van der Waals surface area contributed by atoms with E-state index in [-0.39, 0.29) is 34.8 Å². The van der Waals surface area contributed by atoms with Gasteiger partial charge in [0.1, 0.15) is 10.2 Å². The van der Waals surface area contributed by atoms with Crippen molar-refractivity contribution in [1.29, 1.82) is 0 Å². The summed E-state index contributed by atoms with van der Waals surface area (Å²) in [4.78, 5) is 48.1. The largest absolute Gasteiger partial charge is 0.462 e. The van der Waals surface area contributed by atoms with Gasteiger partial charge in [0.25, 0.3) is 0 Å². The fourth-order valence-corrected chi connectivity index (χ4v) is 4.84. The highest BCUT2D eigenvalue weighted by Gasteiger charge is 2.38. The zero-order valence-corrected chi connectivity index (χ0v) is 19.4.